The zero-order valence-electron chi connectivity index (χ0n) is 21.8. The number of aromatic nitrogens is 3. The third-order valence-corrected chi connectivity index (χ3v) is 7.23. The van der Waals surface area contributed by atoms with Gasteiger partial charge in [0.2, 0.25) is 0 Å². The number of aromatic amines is 1. The van der Waals surface area contributed by atoms with Gasteiger partial charge in [-0.1, -0.05) is 12.1 Å². The van der Waals surface area contributed by atoms with E-state index in [1.54, 1.807) is 13.3 Å². The van der Waals surface area contributed by atoms with E-state index in [9.17, 15) is 4.79 Å². The Bertz CT molecular complexity index is 1670. The minimum Gasteiger partial charge on any atom is -0.496 e. The van der Waals surface area contributed by atoms with E-state index in [1.807, 2.05) is 79.9 Å². The van der Waals surface area contributed by atoms with Crippen LogP contribution < -0.4 is 4.74 Å². The predicted molar refractivity (Wildman–Crippen MR) is 151 cm³/mol. The first-order chi connectivity index (χ1) is 18.5. The van der Waals surface area contributed by atoms with Crippen molar-refractivity contribution in [2.45, 2.75) is 6.42 Å². The van der Waals surface area contributed by atoms with E-state index in [0.717, 1.165) is 69.4 Å². The van der Waals surface area contributed by atoms with Gasteiger partial charge in [-0.05, 0) is 54.4 Å². The number of likely N-dealkylation sites (tertiary alicyclic amines) is 1. The zero-order valence-corrected chi connectivity index (χ0v) is 21.8. The van der Waals surface area contributed by atoms with Crippen molar-refractivity contribution in [1.29, 1.82) is 0 Å². The Morgan fingerprint density at radius 1 is 1.08 bits per heavy atom. The summed E-state index contributed by atoms with van der Waals surface area (Å²) in [5, 5.41) is 2.12. The molecule has 1 N–H and O–H groups in total. The van der Waals surface area contributed by atoms with Gasteiger partial charge in [0.25, 0.3) is 5.91 Å². The molecule has 7 heteroatoms. The summed E-state index contributed by atoms with van der Waals surface area (Å²) in [4.78, 5) is 27.6. The number of pyridine rings is 2. The molecule has 1 aliphatic heterocycles. The molecule has 1 amide bonds. The van der Waals surface area contributed by atoms with Gasteiger partial charge in [-0.2, -0.15) is 0 Å². The molecule has 0 radical (unpaired) electrons. The highest BCUT2D eigenvalue weighted by molar-refractivity contribution is 6.16. The molecule has 1 aliphatic rings. The number of methoxy groups -OCH3 is 1. The Kier molecular flexibility index (Phi) is 6.12. The SMILES string of the molecule is COc1ccc2[nH]c3cnc(-c4cccnc4)cc3c2c1-c1ccc(C(=O)N2CCC(C=[N+](C)C)C2)cc1. The third-order valence-electron chi connectivity index (χ3n) is 7.23. The van der Waals surface area contributed by atoms with Crippen molar-refractivity contribution in [3.63, 3.8) is 0 Å². The number of carbonyl (C=O) groups is 1. The summed E-state index contributed by atoms with van der Waals surface area (Å²) in [6.07, 6.45) is 8.64. The number of fused-ring (bicyclic) bond motifs is 3. The maximum Gasteiger partial charge on any atom is 0.253 e. The minimum atomic E-state index is 0.0793. The molecule has 7 nitrogen and oxygen atoms in total. The van der Waals surface area contributed by atoms with Crippen LogP contribution in [0.1, 0.15) is 16.8 Å². The first-order valence-electron chi connectivity index (χ1n) is 12.8. The highest BCUT2D eigenvalue weighted by Gasteiger charge is 2.28. The minimum absolute atomic E-state index is 0.0793. The molecule has 190 valence electrons. The Labute approximate surface area is 221 Å². The number of ether oxygens (including phenoxy) is 1. The summed E-state index contributed by atoms with van der Waals surface area (Å²) < 4.78 is 7.89. The van der Waals surface area contributed by atoms with Gasteiger partial charge < -0.3 is 14.6 Å². The lowest BCUT2D eigenvalue weighted by atomic mass is 9.97. The second-order valence-electron chi connectivity index (χ2n) is 10.0. The van der Waals surface area contributed by atoms with Gasteiger partial charge >= 0.3 is 0 Å². The number of hydrogen-bond acceptors (Lipinski definition) is 4. The highest BCUT2D eigenvalue weighted by Crippen LogP contribution is 2.41. The van der Waals surface area contributed by atoms with Crippen LogP contribution in [0.4, 0.5) is 0 Å². The molecule has 1 atom stereocenters. The normalized spacial score (nSPS) is 15.2. The van der Waals surface area contributed by atoms with E-state index >= 15 is 0 Å². The van der Waals surface area contributed by atoms with Crippen LogP contribution in [0.2, 0.25) is 0 Å². The molecule has 1 saturated heterocycles. The Balaban J connectivity index is 1.40. The van der Waals surface area contributed by atoms with E-state index in [0.29, 0.717) is 11.5 Å². The Morgan fingerprint density at radius 3 is 2.66 bits per heavy atom. The lowest BCUT2D eigenvalue weighted by Gasteiger charge is -2.16. The van der Waals surface area contributed by atoms with Gasteiger partial charge in [-0.3, -0.25) is 14.8 Å². The molecular weight excluding hydrogens is 474 g/mol. The fourth-order valence-electron chi connectivity index (χ4n) is 5.48. The molecular formula is C31H30N5O2+. The van der Waals surface area contributed by atoms with Gasteiger partial charge in [0, 0.05) is 58.5 Å². The number of rotatable bonds is 5. The second kappa shape index (κ2) is 9.74. The van der Waals surface area contributed by atoms with Crippen LogP contribution in [-0.4, -0.2) is 70.8 Å². The second-order valence-corrected chi connectivity index (χ2v) is 10.0. The van der Waals surface area contributed by atoms with Crippen molar-refractivity contribution < 1.29 is 14.1 Å². The van der Waals surface area contributed by atoms with E-state index in [4.69, 9.17) is 4.74 Å². The standard InChI is InChI=1S/C31H29N5O2/c1-35(2)18-20-12-14-36(19-20)31(37)22-8-6-21(7-9-22)29-28(38-3)11-10-25-30(29)24-15-26(33-17-27(24)34-25)23-5-4-13-32-16-23/h4-11,13,15-18,20H,12,14,19H2,1-3H3/p+1. The zero-order chi connectivity index (χ0) is 26.2. The largest absolute Gasteiger partial charge is 0.496 e. The number of nitrogens with one attached hydrogen (secondary N) is 1. The van der Waals surface area contributed by atoms with Gasteiger partial charge in [0.1, 0.15) is 26.1 Å². The molecule has 5 aromatic rings. The van der Waals surface area contributed by atoms with Crippen LogP contribution >= 0.6 is 0 Å². The van der Waals surface area contributed by atoms with Gasteiger partial charge in [0.15, 0.2) is 0 Å². The number of amides is 1. The summed E-state index contributed by atoms with van der Waals surface area (Å²) in [5.74, 6) is 1.26. The molecule has 0 spiro atoms. The fourth-order valence-corrected chi connectivity index (χ4v) is 5.48. The first-order valence-corrected chi connectivity index (χ1v) is 12.8. The topological polar surface area (TPSA) is 74.1 Å². The summed E-state index contributed by atoms with van der Waals surface area (Å²) in [7, 11) is 5.75. The van der Waals surface area contributed by atoms with E-state index < -0.39 is 0 Å². The average molecular weight is 505 g/mol. The molecule has 0 bridgehead atoms. The fraction of sp³-hybridized carbons (Fsp3) is 0.226. The summed E-state index contributed by atoms with van der Waals surface area (Å²) >= 11 is 0. The number of benzene rings is 2. The first kappa shape index (κ1) is 23.9. The van der Waals surface area contributed by atoms with Crippen molar-refractivity contribution in [3.8, 4) is 28.1 Å². The molecule has 0 saturated carbocycles. The Hall–Kier alpha value is -4.52. The van der Waals surface area contributed by atoms with Crippen molar-refractivity contribution in [2.75, 3.05) is 34.3 Å². The van der Waals surface area contributed by atoms with Gasteiger partial charge in [-0.25, -0.2) is 4.58 Å². The smallest absolute Gasteiger partial charge is 0.253 e. The van der Waals surface area contributed by atoms with Gasteiger partial charge in [-0.15, -0.1) is 0 Å². The van der Waals surface area contributed by atoms with Crippen LogP contribution in [0.15, 0.2) is 73.2 Å². The summed E-state index contributed by atoms with van der Waals surface area (Å²) in [6, 6.07) is 17.9. The molecule has 1 fully saturated rings. The number of hydrogen-bond donors (Lipinski definition) is 1. The van der Waals surface area contributed by atoms with Crippen LogP contribution in [0.5, 0.6) is 5.75 Å². The monoisotopic (exact) mass is 504 g/mol. The summed E-state index contributed by atoms with van der Waals surface area (Å²) in [5.41, 5.74) is 6.45. The Morgan fingerprint density at radius 2 is 1.92 bits per heavy atom. The van der Waals surface area contributed by atoms with Crippen molar-refractivity contribution in [3.05, 3.63) is 78.8 Å². The maximum atomic E-state index is 13.2. The van der Waals surface area contributed by atoms with Gasteiger partial charge in [0.05, 0.1) is 30.4 Å². The maximum absolute atomic E-state index is 13.2. The van der Waals surface area contributed by atoms with E-state index in [-0.39, 0.29) is 5.91 Å². The van der Waals surface area contributed by atoms with Crippen molar-refractivity contribution in [2.24, 2.45) is 5.92 Å². The third kappa shape index (κ3) is 4.30. The molecule has 2 aromatic carbocycles. The van der Waals surface area contributed by atoms with Crippen molar-refractivity contribution >= 4 is 33.9 Å². The quantitative estimate of drug-likeness (QED) is 0.262. The molecule has 6 rings (SSSR count). The lowest BCUT2D eigenvalue weighted by molar-refractivity contribution is -0.461. The number of carbonyl (C=O) groups excluding carboxylic acids is 1. The highest BCUT2D eigenvalue weighted by atomic mass is 16.5. The van der Waals surface area contributed by atoms with Crippen molar-refractivity contribution in [1.82, 2.24) is 19.9 Å². The molecule has 4 heterocycles. The van der Waals surface area contributed by atoms with Crippen LogP contribution in [0.25, 0.3) is 44.2 Å². The average Bonchev–Trinajstić information content (AvgIpc) is 3.56. The van der Waals surface area contributed by atoms with Crippen LogP contribution in [0.3, 0.4) is 0 Å². The molecule has 0 aliphatic carbocycles. The summed E-state index contributed by atoms with van der Waals surface area (Å²) in [6.45, 7) is 1.54. The molecule has 1 unspecified atom stereocenters. The number of H-pyrrole nitrogens is 1. The molecule has 38 heavy (non-hydrogen) atoms. The van der Waals surface area contributed by atoms with Crippen LogP contribution in [0, 0.1) is 5.92 Å². The van der Waals surface area contributed by atoms with E-state index in [1.165, 1.54) is 0 Å². The van der Waals surface area contributed by atoms with Crippen LogP contribution in [-0.2, 0) is 0 Å². The predicted octanol–water partition coefficient (Wildman–Crippen LogP) is 5.26. The molecule has 3 aromatic heterocycles. The van der Waals surface area contributed by atoms with E-state index in [2.05, 4.69) is 31.8 Å². The number of nitrogens with zero attached hydrogens (tertiary/aromatic N) is 4. The lowest BCUT2D eigenvalue weighted by Crippen LogP contribution is -2.29.